The number of aliphatic hydroxyl groups is 8. The number of hydrogen-bond donors (Lipinski definition) is 11. The molecule has 10 atom stereocenters. The summed E-state index contributed by atoms with van der Waals surface area (Å²) in [5.41, 5.74) is -0.419. The highest BCUT2D eigenvalue weighted by Gasteiger charge is 2.95. The van der Waals surface area contributed by atoms with Crippen LogP contribution in [-0.2, 0) is 19.1 Å². The Morgan fingerprint density at radius 3 is 1.69 bits per heavy atom. The second-order valence-corrected chi connectivity index (χ2v) is 17.7. The van der Waals surface area contributed by atoms with Gasteiger partial charge in [-0.1, -0.05) is 0 Å². The predicted molar refractivity (Wildman–Crippen MR) is 215 cm³/mol. The summed E-state index contributed by atoms with van der Waals surface area (Å²) in [5, 5.41) is 98.7. The van der Waals surface area contributed by atoms with E-state index >= 15 is 0 Å². The zero-order valence-electron chi connectivity index (χ0n) is 38.7. The Bertz CT molecular complexity index is 2100. The fraction of sp³-hybridized carbons (Fsp3) is 0.750. The number of carbonyl (C=O) groups is 3. The molecule has 11 N–H and O–H groups in total. The molecule has 1 fully saturated rings. The van der Waals surface area contributed by atoms with E-state index in [-0.39, 0.29) is 18.5 Å². The first-order chi connectivity index (χ1) is 33.9. The zero-order valence-corrected chi connectivity index (χ0v) is 38.7. The zero-order chi connectivity index (χ0) is 58.5. The van der Waals surface area contributed by atoms with Crippen molar-refractivity contribution in [2.24, 2.45) is 0 Å². The Hall–Kier alpha value is -4.49. The number of halogens is 17. The summed E-state index contributed by atoms with van der Waals surface area (Å²) in [6.45, 7) is -0.159. The third-order valence-electron chi connectivity index (χ3n) is 11.1. The standard InChI is InChI=1S/C40H51F17N4O14/c1-32(2,3)61(73)14-17-7-9-18(10-8-17)28(70)58-12-5-4-6-19(60-30(72)25(68)24(67)27(20(64)15-62)75-31-26(69)23(66)22(65)21(16-63)74-31)29(71)59-13-11-33(41,42)34(43,44)35(45,46)36(47,48)37(49,50)38(51,52)39(53,54)40(55,56)57/h7-10,14,19-27,31,62-69H,4-6,11-13,15-16H2,1-3H3,(H,58,70)(H,59,71)(H,60,72)/b61-14-/t19?,20-,21-,22+,23+,24-,25-,26-,27-,31+/m1/s1. The average Bonchev–Trinajstić information content (AvgIpc) is 3.30. The Balaban J connectivity index is 2.39. The number of carbonyl (C=O) groups excluding carboxylic acids is 3. The van der Waals surface area contributed by atoms with Crippen molar-refractivity contribution in [1.82, 2.24) is 16.0 Å². The van der Waals surface area contributed by atoms with Crippen LogP contribution in [0.2, 0.25) is 0 Å². The molecule has 434 valence electrons. The highest BCUT2D eigenvalue weighted by atomic mass is 19.4. The molecule has 1 aliphatic heterocycles. The second-order valence-electron chi connectivity index (χ2n) is 17.7. The summed E-state index contributed by atoms with van der Waals surface area (Å²) >= 11 is 0. The van der Waals surface area contributed by atoms with E-state index in [4.69, 9.17) is 9.47 Å². The molecule has 0 radical (unpaired) electrons. The number of hydrogen-bond acceptors (Lipinski definition) is 14. The van der Waals surface area contributed by atoms with Crippen molar-refractivity contribution < 1.29 is 144 Å². The number of nitrogens with one attached hydrogen (secondary N) is 3. The van der Waals surface area contributed by atoms with Gasteiger partial charge in [0, 0.05) is 51.4 Å². The molecular weight excluding hydrogens is 1080 g/mol. The van der Waals surface area contributed by atoms with Crippen LogP contribution in [0.1, 0.15) is 62.4 Å². The molecule has 2 rings (SSSR count). The minimum Gasteiger partial charge on any atom is -0.623 e. The molecule has 1 aromatic rings. The topological polar surface area (TPSA) is 294 Å². The van der Waals surface area contributed by atoms with E-state index in [0.29, 0.717) is 10.3 Å². The van der Waals surface area contributed by atoms with Gasteiger partial charge in [-0.15, -0.1) is 0 Å². The number of nitrogens with zero attached hydrogens (tertiary/aromatic N) is 1. The Kier molecular flexibility index (Phi) is 21.7. The van der Waals surface area contributed by atoms with E-state index < -0.39 is 171 Å². The first-order valence-corrected chi connectivity index (χ1v) is 21.5. The lowest BCUT2D eigenvalue weighted by Gasteiger charge is -2.42. The molecule has 0 bridgehead atoms. The van der Waals surface area contributed by atoms with Gasteiger partial charge >= 0.3 is 47.6 Å². The van der Waals surface area contributed by atoms with Gasteiger partial charge in [0.15, 0.2) is 24.1 Å². The van der Waals surface area contributed by atoms with E-state index in [1.807, 2.05) is 0 Å². The van der Waals surface area contributed by atoms with Crippen LogP contribution in [-0.4, -0.2) is 210 Å². The predicted octanol–water partition coefficient (Wildman–Crippen LogP) is 1.58. The molecular formula is C40H51F17N4O14. The summed E-state index contributed by atoms with van der Waals surface area (Å²) in [5.74, 6) is -63.1. The monoisotopic (exact) mass is 1130 g/mol. The number of unbranched alkanes of at least 4 members (excludes halogenated alkanes) is 1. The molecule has 1 unspecified atom stereocenters. The quantitative estimate of drug-likeness (QED) is 0.0157. The van der Waals surface area contributed by atoms with Crippen LogP contribution in [0.3, 0.4) is 0 Å². The summed E-state index contributed by atoms with van der Waals surface area (Å²) in [6.07, 6.45) is -32.5. The molecule has 1 saturated heterocycles. The maximum atomic E-state index is 14.7. The molecule has 1 aliphatic rings. The average molecular weight is 1130 g/mol. The fourth-order valence-corrected chi connectivity index (χ4v) is 6.34. The lowest BCUT2D eigenvalue weighted by Crippen LogP contribution is -2.74. The second kappa shape index (κ2) is 24.5. The van der Waals surface area contributed by atoms with Crippen molar-refractivity contribution in [2.75, 3.05) is 26.3 Å². The molecule has 0 spiro atoms. The molecule has 1 aromatic carbocycles. The minimum atomic E-state index is -8.89. The number of aliphatic hydroxyl groups excluding tert-OH is 8. The van der Waals surface area contributed by atoms with Crippen molar-refractivity contribution >= 4 is 23.9 Å². The van der Waals surface area contributed by atoms with Crippen LogP contribution in [0, 0.1) is 5.21 Å². The molecule has 0 aliphatic carbocycles. The van der Waals surface area contributed by atoms with Gasteiger partial charge in [-0.05, 0) is 43.5 Å². The summed E-state index contributed by atoms with van der Waals surface area (Å²) in [7, 11) is 0. The fourth-order valence-electron chi connectivity index (χ4n) is 6.34. The van der Waals surface area contributed by atoms with Crippen LogP contribution in [0.25, 0.3) is 0 Å². The molecule has 3 amide bonds. The van der Waals surface area contributed by atoms with Gasteiger partial charge in [0.2, 0.25) is 5.91 Å². The lowest BCUT2D eigenvalue weighted by molar-refractivity contribution is -0.530. The molecule has 35 heteroatoms. The molecule has 1 heterocycles. The van der Waals surface area contributed by atoms with E-state index in [0.717, 1.165) is 0 Å². The van der Waals surface area contributed by atoms with E-state index in [1.165, 1.54) is 35.8 Å². The maximum absolute atomic E-state index is 14.7. The minimum absolute atomic E-state index is 0.0241. The normalized spacial score (nSPS) is 22.2. The third kappa shape index (κ3) is 14.2. The van der Waals surface area contributed by atoms with Gasteiger partial charge in [-0.3, -0.25) is 14.4 Å². The van der Waals surface area contributed by atoms with Crippen LogP contribution in [0.15, 0.2) is 24.3 Å². The van der Waals surface area contributed by atoms with Gasteiger partial charge in [-0.25, -0.2) is 4.74 Å². The van der Waals surface area contributed by atoms with Crippen LogP contribution >= 0.6 is 0 Å². The number of amides is 3. The Morgan fingerprint density at radius 2 is 1.21 bits per heavy atom. The number of ether oxygens (including phenoxy) is 2. The number of benzene rings is 1. The first kappa shape index (κ1) is 66.6. The first-order valence-electron chi connectivity index (χ1n) is 21.5. The van der Waals surface area contributed by atoms with Crippen molar-refractivity contribution in [3.05, 3.63) is 40.6 Å². The van der Waals surface area contributed by atoms with Crippen molar-refractivity contribution in [1.29, 1.82) is 0 Å². The van der Waals surface area contributed by atoms with E-state index in [2.05, 4.69) is 5.32 Å². The van der Waals surface area contributed by atoms with Crippen molar-refractivity contribution in [3.8, 4) is 0 Å². The van der Waals surface area contributed by atoms with Crippen molar-refractivity contribution in [3.63, 3.8) is 0 Å². The van der Waals surface area contributed by atoms with Crippen LogP contribution in [0.5, 0.6) is 0 Å². The van der Waals surface area contributed by atoms with Gasteiger partial charge in [0.25, 0.3) is 11.8 Å². The molecule has 18 nitrogen and oxygen atoms in total. The smallest absolute Gasteiger partial charge is 0.460 e. The van der Waals surface area contributed by atoms with Gasteiger partial charge in [0.05, 0.1) is 13.2 Å². The van der Waals surface area contributed by atoms with Crippen LogP contribution < -0.4 is 16.0 Å². The van der Waals surface area contributed by atoms with E-state index in [1.54, 1.807) is 26.1 Å². The number of hydroxylamine groups is 1. The van der Waals surface area contributed by atoms with Gasteiger partial charge in [0.1, 0.15) is 48.8 Å². The third-order valence-corrected chi connectivity index (χ3v) is 11.1. The SMILES string of the molecule is CC(C)(C)/[N+]([O-])=C/c1ccc(C(=O)NCCCCC(NC(=O)[C@H](O)[C@@H](O)[C@H](O[C@@H]2O[C@H](CO)[C@H](O)[C@H](O)[C@H]2O)[C@H](O)CO)C(=O)NCCC(F)(F)C(F)(F)C(F)(F)C(F)(F)C(F)(F)C(F)(F)C(F)(F)C(F)(F)F)cc1. The van der Waals surface area contributed by atoms with Crippen molar-refractivity contribution in [2.45, 2.75) is 161 Å². The summed E-state index contributed by atoms with van der Waals surface area (Å²) < 4.78 is 245. The van der Waals surface area contributed by atoms with E-state index in [9.17, 15) is 135 Å². The maximum Gasteiger partial charge on any atom is 0.460 e. The van der Waals surface area contributed by atoms with Crippen LogP contribution in [0.4, 0.5) is 74.6 Å². The number of alkyl halides is 17. The summed E-state index contributed by atoms with van der Waals surface area (Å²) in [4.78, 5) is 39.1. The highest BCUT2D eigenvalue weighted by Crippen LogP contribution is 2.64. The van der Waals surface area contributed by atoms with Gasteiger partial charge < -0.3 is 71.5 Å². The molecule has 0 aromatic heterocycles. The lowest BCUT2D eigenvalue weighted by atomic mass is 9.88. The largest absolute Gasteiger partial charge is 0.623 e. The summed E-state index contributed by atoms with van der Waals surface area (Å²) in [6, 6.07) is 3.05. The number of rotatable bonds is 26. The molecule has 75 heavy (non-hydrogen) atoms. The Labute approximate surface area is 411 Å². The van der Waals surface area contributed by atoms with Gasteiger partial charge in [-0.2, -0.15) is 74.6 Å². The molecule has 0 saturated carbocycles. The highest BCUT2D eigenvalue weighted by molar-refractivity contribution is 5.94. The Morgan fingerprint density at radius 1 is 0.707 bits per heavy atom.